The van der Waals surface area contributed by atoms with E-state index >= 15 is 0 Å². The molecule has 16 heavy (non-hydrogen) atoms. The third-order valence-corrected chi connectivity index (χ3v) is 4.30. The fourth-order valence-electron chi connectivity index (χ4n) is 2.93. The van der Waals surface area contributed by atoms with Crippen LogP contribution in [0.4, 0.5) is 5.82 Å². The largest absolute Gasteiger partial charge is 0.392 e. The van der Waals surface area contributed by atoms with Crippen LogP contribution in [0.1, 0.15) is 18.2 Å². The second kappa shape index (κ2) is 3.45. The standard InChI is InChI=1S/C13H18N2O/c1-8-11-5-15(6-12(8)11)13-4-3-10(7-16)9(2)14-13/h3-4,8,11-12,16H,5-7H2,1-2H3/t8-,11-,12+. The summed E-state index contributed by atoms with van der Waals surface area (Å²) in [6.45, 7) is 6.73. The number of pyridine rings is 1. The van der Waals surface area contributed by atoms with Crippen molar-refractivity contribution in [3.05, 3.63) is 23.4 Å². The predicted octanol–water partition coefficient (Wildman–Crippen LogP) is 1.58. The number of anilines is 1. The van der Waals surface area contributed by atoms with Crippen LogP contribution in [0.2, 0.25) is 0 Å². The van der Waals surface area contributed by atoms with Gasteiger partial charge in [0, 0.05) is 18.8 Å². The molecule has 86 valence electrons. The number of aliphatic hydroxyl groups is 1. The summed E-state index contributed by atoms with van der Waals surface area (Å²) in [4.78, 5) is 6.95. The first-order chi connectivity index (χ1) is 7.70. The second-order valence-electron chi connectivity index (χ2n) is 5.16. The summed E-state index contributed by atoms with van der Waals surface area (Å²) in [6.07, 6.45) is 0. The molecule has 1 saturated heterocycles. The summed E-state index contributed by atoms with van der Waals surface area (Å²) < 4.78 is 0. The topological polar surface area (TPSA) is 36.4 Å². The molecule has 3 rings (SSSR count). The van der Waals surface area contributed by atoms with Crippen LogP contribution >= 0.6 is 0 Å². The van der Waals surface area contributed by atoms with Gasteiger partial charge in [0.1, 0.15) is 5.82 Å². The van der Waals surface area contributed by atoms with Gasteiger partial charge in [0.05, 0.1) is 6.61 Å². The van der Waals surface area contributed by atoms with Gasteiger partial charge in [-0.1, -0.05) is 13.0 Å². The average Bonchev–Trinajstić information content (AvgIpc) is 2.75. The number of aliphatic hydroxyl groups excluding tert-OH is 1. The first kappa shape index (κ1) is 10.1. The van der Waals surface area contributed by atoms with Crippen LogP contribution in [0, 0.1) is 24.7 Å². The number of aryl methyl sites for hydroxylation is 1. The Morgan fingerprint density at radius 3 is 2.62 bits per heavy atom. The van der Waals surface area contributed by atoms with Crippen molar-refractivity contribution in [2.75, 3.05) is 18.0 Å². The minimum Gasteiger partial charge on any atom is -0.392 e. The van der Waals surface area contributed by atoms with E-state index in [1.807, 2.05) is 19.1 Å². The fourth-order valence-corrected chi connectivity index (χ4v) is 2.93. The highest BCUT2D eigenvalue weighted by Crippen LogP contribution is 2.51. The van der Waals surface area contributed by atoms with Crippen molar-refractivity contribution in [3.8, 4) is 0 Å². The molecule has 0 amide bonds. The van der Waals surface area contributed by atoms with E-state index in [-0.39, 0.29) is 6.61 Å². The molecule has 2 heterocycles. The molecule has 1 saturated carbocycles. The van der Waals surface area contributed by atoms with Crippen molar-refractivity contribution in [3.63, 3.8) is 0 Å². The highest BCUT2D eigenvalue weighted by molar-refractivity contribution is 5.44. The molecule has 1 N–H and O–H groups in total. The third kappa shape index (κ3) is 1.42. The zero-order chi connectivity index (χ0) is 11.3. The fraction of sp³-hybridized carbons (Fsp3) is 0.615. The van der Waals surface area contributed by atoms with Gasteiger partial charge < -0.3 is 10.0 Å². The Hall–Kier alpha value is -1.09. The van der Waals surface area contributed by atoms with E-state index in [2.05, 4.69) is 16.8 Å². The van der Waals surface area contributed by atoms with Gasteiger partial charge >= 0.3 is 0 Å². The Kier molecular flexibility index (Phi) is 2.18. The molecule has 1 aliphatic carbocycles. The lowest BCUT2D eigenvalue weighted by atomic mass is 10.2. The monoisotopic (exact) mass is 218 g/mol. The summed E-state index contributed by atoms with van der Waals surface area (Å²) in [6, 6.07) is 4.03. The van der Waals surface area contributed by atoms with Crippen LogP contribution in [0.5, 0.6) is 0 Å². The lowest BCUT2D eigenvalue weighted by molar-refractivity contribution is 0.280. The van der Waals surface area contributed by atoms with Crippen LogP contribution in [0.25, 0.3) is 0 Å². The van der Waals surface area contributed by atoms with Crippen LogP contribution in [-0.4, -0.2) is 23.2 Å². The summed E-state index contributed by atoms with van der Waals surface area (Å²) in [5.41, 5.74) is 1.88. The molecule has 1 aromatic rings. The average molecular weight is 218 g/mol. The maximum absolute atomic E-state index is 9.10. The minimum absolute atomic E-state index is 0.0847. The van der Waals surface area contributed by atoms with Crippen molar-refractivity contribution in [2.45, 2.75) is 20.5 Å². The van der Waals surface area contributed by atoms with E-state index in [4.69, 9.17) is 5.11 Å². The highest BCUT2D eigenvalue weighted by atomic mass is 16.3. The lowest BCUT2D eigenvalue weighted by Gasteiger charge is -2.21. The molecule has 3 nitrogen and oxygen atoms in total. The zero-order valence-corrected chi connectivity index (χ0v) is 9.85. The number of hydrogen-bond donors (Lipinski definition) is 1. The van der Waals surface area contributed by atoms with Crippen LogP contribution in [0.3, 0.4) is 0 Å². The molecular formula is C13H18N2O. The maximum Gasteiger partial charge on any atom is 0.128 e. The molecule has 1 aliphatic heterocycles. The summed E-state index contributed by atoms with van der Waals surface area (Å²) >= 11 is 0. The number of aromatic nitrogens is 1. The Balaban J connectivity index is 1.78. The second-order valence-corrected chi connectivity index (χ2v) is 5.16. The van der Waals surface area contributed by atoms with Crippen molar-refractivity contribution in [2.24, 2.45) is 17.8 Å². The first-order valence-electron chi connectivity index (χ1n) is 6.03. The van der Waals surface area contributed by atoms with Gasteiger partial charge in [-0.25, -0.2) is 4.98 Å². The SMILES string of the molecule is Cc1nc(N2C[C@@H]3[C@@H](C)[C@@H]3C2)ccc1CO. The van der Waals surface area contributed by atoms with E-state index in [0.717, 1.165) is 47.9 Å². The lowest BCUT2D eigenvalue weighted by Crippen LogP contribution is -2.24. The maximum atomic E-state index is 9.10. The highest BCUT2D eigenvalue weighted by Gasteiger charge is 2.52. The summed E-state index contributed by atoms with van der Waals surface area (Å²) in [5.74, 6) is 3.81. The molecule has 0 unspecified atom stereocenters. The first-order valence-corrected chi connectivity index (χ1v) is 6.03. The Bertz CT molecular complexity index is 406. The number of rotatable bonds is 2. The van der Waals surface area contributed by atoms with Gasteiger partial charge in [0.25, 0.3) is 0 Å². The molecule has 3 heteroatoms. The van der Waals surface area contributed by atoms with Gasteiger partial charge in [-0.15, -0.1) is 0 Å². The van der Waals surface area contributed by atoms with Crippen molar-refractivity contribution < 1.29 is 5.11 Å². The normalized spacial score (nSPS) is 31.7. The van der Waals surface area contributed by atoms with Crippen molar-refractivity contribution in [1.29, 1.82) is 0 Å². The Morgan fingerprint density at radius 1 is 1.38 bits per heavy atom. The van der Waals surface area contributed by atoms with Crippen LogP contribution in [0.15, 0.2) is 12.1 Å². The van der Waals surface area contributed by atoms with Gasteiger partial charge in [-0.05, 0) is 36.3 Å². The Morgan fingerprint density at radius 2 is 2.06 bits per heavy atom. The molecule has 2 aliphatic rings. The minimum atomic E-state index is 0.0847. The number of piperidine rings is 1. The van der Waals surface area contributed by atoms with Crippen LogP contribution in [-0.2, 0) is 6.61 Å². The molecule has 0 spiro atoms. The van der Waals surface area contributed by atoms with E-state index < -0.39 is 0 Å². The third-order valence-electron chi connectivity index (χ3n) is 4.30. The van der Waals surface area contributed by atoms with E-state index in [0.29, 0.717) is 0 Å². The van der Waals surface area contributed by atoms with Gasteiger partial charge in [-0.2, -0.15) is 0 Å². The smallest absolute Gasteiger partial charge is 0.128 e. The molecule has 1 aromatic heterocycles. The van der Waals surface area contributed by atoms with E-state index in [1.54, 1.807) is 0 Å². The van der Waals surface area contributed by atoms with Crippen molar-refractivity contribution in [1.82, 2.24) is 4.98 Å². The Labute approximate surface area is 96.1 Å². The van der Waals surface area contributed by atoms with Gasteiger partial charge in [0.2, 0.25) is 0 Å². The molecule has 0 radical (unpaired) electrons. The van der Waals surface area contributed by atoms with Crippen LogP contribution < -0.4 is 4.90 Å². The molecule has 0 aromatic carbocycles. The van der Waals surface area contributed by atoms with Gasteiger partial charge in [-0.3, -0.25) is 0 Å². The van der Waals surface area contributed by atoms with Crippen molar-refractivity contribution >= 4 is 5.82 Å². The molecule has 0 bridgehead atoms. The number of nitrogens with zero attached hydrogens (tertiary/aromatic N) is 2. The molecule has 2 fully saturated rings. The molecule has 3 atom stereocenters. The van der Waals surface area contributed by atoms with E-state index in [1.165, 1.54) is 0 Å². The quantitative estimate of drug-likeness (QED) is 0.819. The zero-order valence-electron chi connectivity index (χ0n) is 9.85. The number of hydrogen-bond acceptors (Lipinski definition) is 3. The molecular weight excluding hydrogens is 200 g/mol. The number of fused-ring (bicyclic) bond motifs is 1. The van der Waals surface area contributed by atoms with E-state index in [9.17, 15) is 0 Å². The summed E-state index contributed by atoms with van der Waals surface area (Å²) in [5, 5.41) is 9.10. The summed E-state index contributed by atoms with van der Waals surface area (Å²) in [7, 11) is 0. The predicted molar refractivity (Wildman–Crippen MR) is 63.3 cm³/mol. The van der Waals surface area contributed by atoms with Gasteiger partial charge in [0.15, 0.2) is 0 Å².